The highest BCUT2D eigenvalue weighted by Gasteiger charge is 2.34. The van der Waals surface area contributed by atoms with Crippen LogP contribution in [0.2, 0.25) is 0 Å². The van der Waals surface area contributed by atoms with E-state index in [0.29, 0.717) is 22.2 Å². The largest absolute Gasteiger partial charge is 0.305 e. The zero-order valence-electron chi connectivity index (χ0n) is 18.5. The van der Waals surface area contributed by atoms with Crippen LogP contribution < -0.4 is 10.5 Å². The molecule has 0 radical (unpaired) electrons. The maximum atomic E-state index is 13.5. The molecule has 0 unspecified atom stereocenters. The number of nitro groups is 1. The molecule has 0 fully saturated rings. The lowest BCUT2D eigenvalue weighted by Crippen LogP contribution is -2.33. The molecule has 2 heterocycles. The quantitative estimate of drug-likeness (QED) is 0.256. The van der Waals surface area contributed by atoms with Gasteiger partial charge in [-0.3, -0.25) is 24.3 Å². The summed E-state index contributed by atoms with van der Waals surface area (Å²) in [5.74, 6) is 0.0927. The Labute approximate surface area is 194 Å². The summed E-state index contributed by atoms with van der Waals surface area (Å²) in [7, 11) is 0. The number of anilines is 1. The molecule has 4 aromatic rings. The molecule has 34 heavy (non-hydrogen) atoms. The van der Waals surface area contributed by atoms with Crippen LogP contribution in [0.15, 0.2) is 77.6 Å². The predicted molar refractivity (Wildman–Crippen MR) is 131 cm³/mol. The Morgan fingerprint density at radius 3 is 2.32 bits per heavy atom. The van der Waals surface area contributed by atoms with Crippen molar-refractivity contribution in [3.63, 3.8) is 0 Å². The first-order valence-electron chi connectivity index (χ1n) is 10.8. The Bertz CT molecular complexity index is 1550. The molecule has 0 spiro atoms. The van der Waals surface area contributed by atoms with Crippen molar-refractivity contribution in [3.05, 3.63) is 105 Å². The van der Waals surface area contributed by atoms with E-state index in [1.807, 2.05) is 38.1 Å². The number of hydrogen-bond acceptors (Lipinski definition) is 5. The molecule has 3 aromatic carbocycles. The summed E-state index contributed by atoms with van der Waals surface area (Å²) in [4.78, 5) is 43.9. The van der Waals surface area contributed by atoms with Gasteiger partial charge in [0, 0.05) is 23.7 Å². The molecule has 1 aromatic heterocycles. The fraction of sp³-hybridized carbons (Fsp3) is 0.115. The summed E-state index contributed by atoms with van der Waals surface area (Å²) in [6.45, 7) is 3.89. The normalized spacial score (nSPS) is 14.3. The molecule has 0 saturated heterocycles. The van der Waals surface area contributed by atoms with Crippen molar-refractivity contribution in [2.75, 3.05) is 4.90 Å². The van der Waals surface area contributed by atoms with E-state index in [9.17, 15) is 19.7 Å². The van der Waals surface area contributed by atoms with Crippen molar-refractivity contribution in [1.29, 1.82) is 0 Å². The molecule has 1 amide bonds. The third-order valence-corrected chi connectivity index (χ3v) is 5.81. The molecule has 8 nitrogen and oxygen atoms in total. The summed E-state index contributed by atoms with van der Waals surface area (Å²) in [5.41, 5.74) is 2.50. The Morgan fingerprint density at radius 2 is 1.62 bits per heavy atom. The molecule has 0 saturated carbocycles. The second-order valence-electron chi connectivity index (χ2n) is 8.25. The molecular weight excluding hydrogens is 432 g/mol. The maximum Gasteiger partial charge on any atom is 0.269 e. The molecule has 1 aliphatic rings. The number of non-ortho nitro benzene ring substituents is 1. The molecule has 0 atom stereocenters. The maximum absolute atomic E-state index is 13.5. The lowest BCUT2D eigenvalue weighted by atomic mass is 10.1. The molecule has 8 heteroatoms. The number of rotatable bonds is 4. The van der Waals surface area contributed by atoms with Gasteiger partial charge < -0.3 is 4.90 Å². The van der Waals surface area contributed by atoms with Crippen molar-refractivity contribution in [3.8, 4) is 5.69 Å². The number of hydrogen-bond donors (Lipinski definition) is 0. The second kappa shape index (κ2) is 8.08. The number of fused-ring (bicyclic) bond motifs is 2. The molecule has 168 valence electrons. The number of para-hydroxylation sites is 2. The molecule has 1 aliphatic heterocycles. The van der Waals surface area contributed by atoms with Crippen LogP contribution in [-0.2, 0) is 4.79 Å². The summed E-state index contributed by atoms with van der Waals surface area (Å²) < 4.78 is 1.38. The monoisotopic (exact) mass is 452 g/mol. The first-order chi connectivity index (χ1) is 16.4. The van der Waals surface area contributed by atoms with Gasteiger partial charge in [0.2, 0.25) is 0 Å². The summed E-state index contributed by atoms with van der Waals surface area (Å²) in [5, 5.41) is 11.5. The van der Waals surface area contributed by atoms with Crippen LogP contribution in [0.4, 0.5) is 11.4 Å². The Hall–Kier alpha value is -4.59. The van der Waals surface area contributed by atoms with E-state index in [1.54, 1.807) is 35.2 Å². The average Bonchev–Trinajstić information content (AvgIpc) is 3.11. The third-order valence-electron chi connectivity index (χ3n) is 5.81. The standard InChI is InChI=1S/C26H20N4O4/c1-16(2)28-23-10-6-4-7-19(23)21(26(28)32)15-24-27-22-9-5-3-8-20(22)25(31)29(24)17-11-13-18(14-12-17)30(33)34/h3-16H,1-2H3/b21-15-. The number of nitro benzene ring substituents is 1. The number of aromatic nitrogens is 2. The van der Waals surface area contributed by atoms with Gasteiger partial charge in [-0.25, -0.2) is 4.98 Å². The van der Waals surface area contributed by atoms with Gasteiger partial charge in [-0.05, 0) is 50.3 Å². The number of carbonyl (C=O) groups is 1. The SMILES string of the molecule is CC(C)N1C(=O)/C(=C\c2nc3ccccc3c(=O)n2-c2ccc([N+](=O)[O-])cc2)c2ccccc21. The van der Waals surface area contributed by atoms with Crippen molar-refractivity contribution < 1.29 is 9.72 Å². The van der Waals surface area contributed by atoms with Crippen molar-refractivity contribution in [2.24, 2.45) is 0 Å². The highest BCUT2D eigenvalue weighted by molar-refractivity contribution is 6.35. The number of nitrogens with zero attached hydrogens (tertiary/aromatic N) is 4. The van der Waals surface area contributed by atoms with Crippen LogP contribution in [0.5, 0.6) is 0 Å². The Morgan fingerprint density at radius 1 is 0.941 bits per heavy atom. The summed E-state index contributed by atoms with van der Waals surface area (Å²) in [6.07, 6.45) is 1.62. The smallest absolute Gasteiger partial charge is 0.269 e. The van der Waals surface area contributed by atoms with E-state index in [-0.39, 0.29) is 29.0 Å². The van der Waals surface area contributed by atoms with Gasteiger partial charge in [-0.15, -0.1) is 0 Å². The highest BCUT2D eigenvalue weighted by Crippen LogP contribution is 2.38. The van der Waals surface area contributed by atoms with Gasteiger partial charge in [0.05, 0.1) is 32.8 Å². The van der Waals surface area contributed by atoms with Crippen molar-refractivity contribution in [1.82, 2.24) is 9.55 Å². The molecular formula is C26H20N4O4. The van der Waals surface area contributed by atoms with Crippen LogP contribution in [0.25, 0.3) is 28.2 Å². The summed E-state index contributed by atoms with van der Waals surface area (Å²) >= 11 is 0. The second-order valence-corrected chi connectivity index (χ2v) is 8.25. The molecule has 5 rings (SSSR count). The predicted octanol–water partition coefficient (Wildman–Crippen LogP) is 4.59. The van der Waals surface area contributed by atoms with Crippen LogP contribution in [-0.4, -0.2) is 26.4 Å². The van der Waals surface area contributed by atoms with E-state index < -0.39 is 4.92 Å². The van der Waals surface area contributed by atoms with E-state index in [2.05, 4.69) is 0 Å². The van der Waals surface area contributed by atoms with E-state index in [1.165, 1.54) is 28.8 Å². The van der Waals surface area contributed by atoms with Gasteiger partial charge in [0.15, 0.2) is 0 Å². The summed E-state index contributed by atoms with van der Waals surface area (Å²) in [6, 6.07) is 20.1. The Kier molecular flexibility index (Phi) is 5.05. The zero-order valence-corrected chi connectivity index (χ0v) is 18.5. The van der Waals surface area contributed by atoms with Crippen LogP contribution >= 0.6 is 0 Å². The van der Waals surface area contributed by atoms with E-state index >= 15 is 0 Å². The van der Waals surface area contributed by atoms with Gasteiger partial charge in [0.25, 0.3) is 17.2 Å². The van der Waals surface area contributed by atoms with Crippen LogP contribution in [0.1, 0.15) is 25.2 Å². The average molecular weight is 452 g/mol. The first kappa shape index (κ1) is 21.3. The lowest BCUT2D eigenvalue weighted by Gasteiger charge is -2.21. The van der Waals surface area contributed by atoms with E-state index in [4.69, 9.17) is 4.98 Å². The number of carbonyl (C=O) groups excluding carboxylic acids is 1. The zero-order chi connectivity index (χ0) is 24.0. The topological polar surface area (TPSA) is 98.3 Å². The molecule has 0 bridgehead atoms. The van der Waals surface area contributed by atoms with Crippen molar-refractivity contribution in [2.45, 2.75) is 19.9 Å². The van der Waals surface area contributed by atoms with Gasteiger partial charge in [-0.1, -0.05) is 30.3 Å². The number of benzene rings is 3. The number of amides is 1. The van der Waals surface area contributed by atoms with Gasteiger partial charge in [-0.2, -0.15) is 0 Å². The van der Waals surface area contributed by atoms with Crippen molar-refractivity contribution >= 4 is 39.8 Å². The minimum Gasteiger partial charge on any atom is -0.305 e. The highest BCUT2D eigenvalue weighted by atomic mass is 16.6. The van der Waals surface area contributed by atoms with Crippen LogP contribution in [0, 0.1) is 10.1 Å². The fourth-order valence-corrected chi connectivity index (χ4v) is 4.27. The lowest BCUT2D eigenvalue weighted by molar-refractivity contribution is -0.384. The molecule has 0 aliphatic carbocycles. The van der Waals surface area contributed by atoms with Crippen LogP contribution in [0.3, 0.4) is 0 Å². The minimum atomic E-state index is -0.497. The molecule has 0 N–H and O–H groups in total. The Balaban J connectivity index is 1.78. The van der Waals surface area contributed by atoms with Gasteiger partial charge in [0.1, 0.15) is 5.82 Å². The minimum absolute atomic E-state index is 0.0546. The fourth-order valence-electron chi connectivity index (χ4n) is 4.27. The first-order valence-corrected chi connectivity index (χ1v) is 10.8. The van der Waals surface area contributed by atoms with E-state index in [0.717, 1.165) is 11.3 Å². The third kappa shape index (κ3) is 3.36. The van der Waals surface area contributed by atoms with Gasteiger partial charge >= 0.3 is 0 Å².